The molecule has 0 bridgehead atoms. The van der Waals surface area contributed by atoms with Crippen LogP contribution in [0.25, 0.3) is 10.8 Å². The fourth-order valence-corrected chi connectivity index (χ4v) is 3.70. The highest BCUT2D eigenvalue weighted by molar-refractivity contribution is 6.04. The summed E-state index contributed by atoms with van der Waals surface area (Å²) < 4.78 is 1.46. The van der Waals surface area contributed by atoms with Crippen molar-refractivity contribution in [2.24, 2.45) is 11.8 Å². The topological polar surface area (TPSA) is 67.2 Å². The summed E-state index contributed by atoms with van der Waals surface area (Å²) >= 11 is 0. The van der Waals surface area contributed by atoms with E-state index in [4.69, 9.17) is 0 Å². The molecule has 1 aliphatic rings. The fraction of sp³-hybridized carbons (Fsp3) is 0.571. The maximum Gasteiger partial charge on any atom is 0.274 e. The smallest absolute Gasteiger partial charge is 0.274 e. The number of nitrogens with one attached hydrogen (secondary N) is 1. The van der Waals surface area contributed by atoms with Gasteiger partial charge in [0.1, 0.15) is 0 Å². The minimum absolute atomic E-state index is 0.0643. The third-order valence-corrected chi connectivity index (χ3v) is 5.19. The van der Waals surface area contributed by atoms with Crippen LogP contribution >= 0.6 is 0 Å². The summed E-state index contributed by atoms with van der Waals surface area (Å²) in [5, 5.41) is 9.10. The van der Waals surface area contributed by atoms with Crippen LogP contribution in [0.2, 0.25) is 0 Å². The molecule has 1 N–H and O–H groups in total. The second-order valence-corrected chi connectivity index (χ2v) is 7.82. The second-order valence-electron chi connectivity index (χ2n) is 7.82. The van der Waals surface area contributed by atoms with E-state index in [0.29, 0.717) is 28.9 Å². The maximum absolute atomic E-state index is 13.2. The molecule has 0 saturated carbocycles. The van der Waals surface area contributed by atoms with Crippen molar-refractivity contribution in [3.63, 3.8) is 0 Å². The zero-order valence-corrected chi connectivity index (χ0v) is 16.6. The van der Waals surface area contributed by atoms with Gasteiger partial charge in [-0.05, 0) is 43.8 Å². The average molecular weight is 370 g/mol. The van der Waals surface area contributed by atoms with Crippen LogP contribution in [0.1, 0.15) is 44.1 Å². The summed E-state index contributed by atoms with van der Waals surface area (Å²) in [4.78, 5) is 27.8. The first kappa shape index (κ1) is 19.5. The zero-order valence-electron chi connectivity index (χ0n) is 16.6. The molecule has 2 heterocycles. The number of carbonyl (C=O) groups excluding carboxylic acids is 1. The van der Waals surface area contributed by atoms with Gasteiger partial charge in [-0.3, -0.25) is 9.59 Å². The van der Waals surface area contributed by atoms with E-state index in [-0.39, 0.29) is 17.4 Å². The lowest BCUT2D eigenvalue weighted by molar-refractivity contribution is 0.0683. The van der Waals surface area contributed by atoms with Gasteiger partial charge >= 0.3 is 0 Å². The molecule has 0 spiro atoms. The largest absolute Gasteiger partial charge is 0.337 e. The molecular weight excluding hydrogens is 340 g/mol. The maximum atomic E-state index is 13.2. The summed E-state index contributed by atoms with van der Waals surface area (Å²) in [7, 11) is 0. The van der Waals surface area contributed by atoms with E-state index in [1.54, 1.807) is 6.07 Å². The number of nitrogens with zero attached hydrogens (tertiary/aromatic N) is 3. The third-order valence-electron chi connectivity index (χ3n) is 5.19. The summed E-state index contributed by atoms with van der Waals surface area (Å²) in [6.07, 6.45) is 2.00. The Labute approximate surface area is 160 Å². The Hall–Kier alpha value is -2.21. The molecule has 1 aromatic heterocycles. The van der Waals surface area contributed by atoms with Crippen LogP contribution in [-0.4, -0.2) is 46.8 Å². The quantitative estimate of drug-likeness (QED) is 0.848. The van der Waals surface area contributed by atoms with Gasteiger partial charge in [-0.25, -0.2) is 4.68 Å². The number of aromatic nitrogens is 2. The molecule has 1 fully saturated rings. The van der Waals surface area contributed by atoms with Crippen LogP contribution in [0.3, 0.4) is 0 Å². The van der Waals surface area contributed by atoms with Gasteiger partial charge in [0, 0.05) is 25.0 Å². The van der Waals surface area contributed by atoms with Crippen molar-refractivity contribution in [2.45, 2.75) is 40.2 Å². The number of fused-ring (bicyclic) bond motifs is 1. The molecule has 0 aliphatic carbocycles. The Kier molecular flexibility index (Phi) is 6.26. The Morgan fingerprint density at radius 1 is 1.22 bits per heavy atom. The van der Waals surface area contributed by atoms with Gasteiger partial charge in [-0.15, -0.1) is 0 Å². The van der Waals surface area contributed by atoms with Crippen molar-refractivity contribution in [1.82, 2.24) is 20.0 Å². The van der Waals surface area contributed by atoms with Gasteiger partial charge in [-0.1, -0.05) is 39.0 Å². The molecule has 1 amide bonds. The third kappa shape index (κ3) is 4.38. The van der Waals surface area contributed by atoms with Crippen LogP contribution in [0, 0.1) is 11.8 Å². The average Bonchev–Trinajstić information content (AvgIpc) is 2.68. The van der Waals surface area contributed by atoms with Crippen LogP contribution < -0.4 is 10.9 Å². The lowest BCUT2D eigenvalue weighted by Gasteiger charge is -2.32. The van der Waals surface area contributed by atoms with Gasteiger partial charge in [-0.2, -0.15) is 5.10 Å². The van der Waals surface area contributed by atoms with Crippen molar-refractivity contribution in [3.05, 3.63) is 40.3 Å². The van der Waals surface area contributed by atoms with Crippen LogP contribution in [0.5, 0.6) is 0 Å². The zero-order chi connectivity index (χ0) is 19.4. The van der Waals surface area contributed by atoms with Gasteiger partial charge in [0.05, 0.1) is 5.39 Å². The molecule has 3 rings (SSSR count). The molecule has 146 valence electrons. The number of hydrogen-bond acceptors (Lipinski definition) is 4. The highest BCUT2D eigenvalue weighted by Gasteiger charge is 2.26. The molecule has 1 saturated heterocycles. The summed E-state index contributed by atoms with van der Waals surface area (Å²) in [5.41, 5.74) is 0.274. The highest BCUT2D eigenvalue weighted by atomic mass is 16.2. The molecule has 1 aromatic carbocycles. The van der Waals surface area contributed by atoms with Crippen molar-refractivity contribution < 1.29 is 4.79 Å². The van der Waals surface area contributed by atoms with Crippen LogP contribution in [0.4, 0.5) is 0 Å². The van der Waals surface area contributed by atoms with Gasteiger partial charge in [0.15, 0.2) is 5.69 Å². The highest BCUT2D eigenvalue weighted by Crippen LogP contribution is 2.21. The van der Waals surface area contributed by atoms with Crippen molar-refractivity contribution in [2.75, 3.05) is 26.2 Å². The Bertz CT molecular complexity index is 851. The molecule has 6 nitrogen and oxygen atoms in total. The first-order chi connectivity index (χ1) is 13.0. The number of carbonyl (C=O) groups is 1. The Morgan fingerprint density at radius 3 is 2.52 bits per heavy atom. The second kappa shape index (κ2) is 8.65. The monoisotopic (exact) mass is 370 g/mol. The van der Waals surface area contributed by atoms with Gasteiger partial charge in [0.25, 0.3) is 11.5 Å². The number of piperidine rings is 1. The SMILES string of the molecule is CCNCC1CCN(C(=O)c2nn(CC(C)C)c(=O)c3ccccc23)CC1. The van der Waals surface area contributed by atoms with E-state index in [9.17, 15) is 9.59 Å². The first-order valence-corrected chi connectivity index (χ1v) is 10.0. The predicted molar refractivity (Wildman–Crippen MR) is 108 cm³/mol. The Morgan fingerprint density at radius 2 is 1.89 bits per heavy atom. The summed E-state index contributed by atoms with van der Waals surface area (Å²) in [6.45, 7) is 10.2. The minimum Gasteiger partial charge on any atom is -0.337 e. The number of benzene rings is 1. The lowest BCUT2D eigenvalue weighted by Crippen LogP contribution is -2.42. The number of amides is 1. The van der Waals surface area contributed by atoms with Gasteiger partial charge < -0.3 is 10.2 Å². The van der Waals surface area contributed by atoms with E-state index < -0.39 is 0 Å². The molecule has 0 unspecified atom stereocenters. The van der Waals surface area contributed by atoms with Crippen LogP contribution in [0.15, 0.2) is 29.1 Å². The van der Waals surface area contributed by atoms with Crippen molar-refractivity contribution in [3.8, 4) is 0 Å². The first-order valence-electron chi connectivity index (χ1n) is 10.0. The number of hydrogen-bond donors (Lipinski definition) is 1. The fourth-order valence-electron chi connectivity index (χ4n) is 3.70. The molecule has 0 radical (unpaired) electrons. The standard InChI is InChI=1S/C21H30N4O2/c1-4-22-13-16-9-11-24(12-10-16)21(27)19-17-7-5-6-8-18(17)20(26)25(23-19)14-15(2)3/h5-8,15-16,22H,4,9-14H2,1-3H3. The molecule has 27 heavy (non-hydrogen) atoms. The lowest BCUT2D eigenvalue weighted by atomic mass is 9.96. The van der Waals surface area contributed by atoms with Gasteiger partial charge in [0.2, 0.25) is 0 Å². The predicted octanol–water partition coefficient (Wildman–Crippen LogP) is 2.51. The van der Waals surface area contributed by atoms with E-state index in [2.05, 4.69) is 17.3 Å². The molecular formula is C21H30N4O2. The Balaban J connectivity index is 1.88. The van der Waals surface area contributed by atoms with E-state index in [0.717, 1.165) is 39.0 Å². The van der Waals surface area contributed by atoms with Crippen molar-refractivity contribution >= 4 is 16.7 Å². The van der Waals surface area contributed by atoms with E-state index in [1.807, 2.05) is 36.9 Å². The number of likely N-dealkylation sites (tertiary alicyclic amines) is 1. The van der Waals surface area contributed by atoms with E-state index in [1.165, 1.54) is 4.68 Å². The summed E-state index contributed by atoms with van der Waals surface area (Å²) in [5.74, 6) is 0.834. The van der Waals surface area contributed by atoms with E-state index >= 15 is 0 Å². The minimum atomic E-state index is -0.125. The molecule has 2 aromatic rings. The number of rotatable bonds is 6. The molecule has 6 heteroatoms. The van der Waals surface area contributed by atoms with Crippen LogP contribution in [-0.2, 0) is 6.54 Å². The molecule has 0 atom stereocenters. The summed E-state index contributed by atoms with van der Waals surface area (Å²) in [6, 6.07) is 7.31. The molecule has 1 aliphatic heterocycles. The normalized spacial score (nSPS) is 15.6. The van der Waals surface area contributed by atoms with Crippen molar-refractivity contribution in [1.29, 1.82) is 0 Å².